The first-order valence-electron chi connectivity index (χ1n) is 8.30. The van der Waals surface area contributed by atoms with Crippen LogP contribution >= 0.6 is 0 Å². The third kappa shape index (κ3) is 4.36. The number of ketones is 1. The van der Waals surface area contributed by atoms with E-state index in [2.05, 4.69) is 17.4 Å². The maximum atomic E-state index is 12.3. The predicted octanol–water partition coefficient (Wildman–Crippen LogP) is 3.86. The van der Waals surface area contributed by atoms with E-state index in [0.717, 1.165) is 10.9 Å². The first-order valence-corrected chi connectivity index (χ1v) is 8.30. The Bertz CT molecular complexity index is 959. The van der Waals surface area contributed by atoms with Crippen LogP contribution in [0.1, 0.15) is 15.9 Å². The molecule has 0 fully saturated rings. The number of carbonyl (C=O) groups excluding carboxylic acids is 2. The van der Waals surface area contributed by atoms with Crippen molar-refractivity contribution in [1.82, 2.24) is 5.32 Å². The van der Waals surface area contributed by atoms with E-state index in [-0.39, 0.29) is 18.3 Å². The second-order valence-corrected chi connectivity index (χ2v) is 5.79. The molecule has 26 heavy (non-hydrogen) atoms. The van der Waals surface area contributed by atoms with Gasteiger partial charge in [-0.3, -0.25) is 9.59 Å². The average molecular weight is 345 g/mol. The number of carbonyl (C=O) groups is 2. The largest absolute Gasteiger partial charge is 0.484 e. The van der Waals surface area contributed by atoms with Gasteiger partial charge in [-0.15, -0.1) is 0 Å². The van der Waals surface area contributed by atoms with Gasteiger partial charge in [0.15, 0.2) is 12.4 Å². The first-order chi connectivity index (χ1) is 12.7. The molecule has 1 N–H and O–H groups in total. The molecule has 0 aliphatic rings. The van der Waals surface area contributed by atoms with E-state index in [9.17, 15) is 9.59 Å². The van der Waals surface area contributed by atoms with Gasteiger partial charge in [-0.25, -0.2) is 0 Å². The van der Waals surface area contributed by atoms with Crippen LogP contribution in [0.5, 0.6) is 5.75 Å². The molecule has 0 heterocycles. The Hall–Kier alpha value is -3.40. The summed E-state index contributed by atoms with van der Waals surface area (Å²) < 4.78 is 5.32. The zero-order valence-corrected chi connectivity index (χ0v) is 14.4. The van der Waals surface area contributed by atoms with Crippen LogP contribution in [0.25, 0.3) is 16.8 Å². The van der Waals surface area contributed by atoms with Gasteiger partial charge in [-0.05, 0) is 52.7 Å². The summed E-state index contributed by atoms with van der Waals surface area (Å²) in [4.78, 5) is 23.5. The van der Waals surface area contributed by atoms with Crippen molar-refractivity contribution in [3.63, 3.8) is 0 Å². The van der Waals surface area contributed by atoms with Crippen molar-refractivity contribution in [3.05, 3.63) is 83.9 Å². The quantitative estimate of drug-likeness (QED) is 0.545. The Morgan fingerprint density at radius 3 is 2.42 bits per heavy atom. The predicted molar refractivity (Wildman–Crippen MR) is 103 cm³/mol. The van der Waals surface area contributed by atoms with Crippen LogP contribution in [-0.2, 0) is 4.79 Å². The number of hydrogen-bond acceptors (Lipinski definition) is 3. The molecule has 0 aromatic heterocycles. The van der Waals surface area contributed by atoms with Crippen molar-refractivity contribution in [2.45, 2.75) is 0 Å². The summed E-state index contributed by atoms with van der Waals surface area (Å²) in [5, 5.41) is 4.79. The number of benzene rings is 3. The maximum absolute atomic E-state index is 12.3. The molecule has 0 spiro atoms. The summed E-state index contributed by atoms with van der Waals surface area (Å²) >= 11 is 0. The lowest BCUT2D eigenvalue weighted by Crippen LogP contribution is -2.24. The minimum Gasteiger partial charge on any atom is -0.484 e. The summed E-state index contributed by atoms with van der Waals surface area (Å²) in [6, 6.07) is 20.9. The molecule has 0 bridgehead atoms. The lowest BCUT2D eigenvalue weighted by molar-refractivity contribution is -0.122. The molecule has 3 rings (SSSR count). The zero-order chi connectivity index (χ0) is 18.4. The van der Waals surface area contributed by atoms with E-state index in [4.69, 9.17) is 4.74 Å². The molecule has 0 radical (unpaired) electrons. The number of likely N-dealkylation sites (N-methyl/N-ethyl adjacent to an activating group) is 1. The molecule has 0 unspecified atom stereocenters. The molecule has 0 aliphatic carbocycles. The van der Waals surface area contributed by atoms with E-state index < -0.39 is 0 Å². The second-order valence-electron chi connectivity index (χ2n) is 5.79. The fraction of sp³-hybridized carbons (Fsp3) is 0.0909. The summed E-state index contributed by atoms with van der Waals surface area (Å²) in [5.74, 6) is 0.253. The normalized spacial score (nSPS) is 10.8. The van der Waals surface area contributed by atoms with Crippen molar-refractivity contribution in [1.29, 1.82) is 0 Å². The van der Waals surface area contributed by atoms with E-state index >= 15 is 0 Å². The highest BCUT2D eigenvalue weighted by Crippen LogP contribution is 2.17. The second kappa shape index (κ2) is 8.12. The van der Waals surface area contributed by atoms with Gasteiger partial charge in [0, 0.05) is 12.6 Å². The Balaban J connectivity index is 1.66. The van der Waals surface area contributed by atoms with Crippen LogP contribution in [0, 0.1) is 0 Å². The monoisotopic (exact) mass is 345 g/mol. The molecule has 1 amide bonds. The summed E-state index contributed by atoms with van der Waals surface area (Å²) in [6.45, 7) is -0.0499. The van der Waals surface area contributed by atoms with Crippen molar-refractivity contribution < 1.29 is 14.3 Å². The fourth-order valence-electron chi connectivity index (χ4n) is 2.52. The maximum Gasteiger partial charge on any atom is 0.257 e. The van der Waals surface area contributed by atoms with Crippen LogP contribution in [0.2, 0.25) is 0 Å². The van der Waals surface area contributed by atoms with Crippen LogP contribution in [-0.4, -0.2) is 25.3 Å². The van der Waals surface area contributed by atoms with Crippen LogP contribution in [0.15, 0.2) is 72.8 Å². The topological polar surface area (TPSA) is 55.4 Å². The summed E-state index contributed by atoms with van der Waals surface area (Å²) in [6.07, 6.45) is 3.37. The molecule has 4 heteroatoms. The van der Waals surface area contributed by atoms with E-state index in [0.29, 0.717) is 11.3 Å². The van der Waals surface area contributed by atoms with Gasteiger partial charge in [0.1, 0.15) is 5.75 Å². The van der Waals surface area contributed by atoms with Crippen molar-refractivity contribution in [3.8, 4) is 5.75 Å². The molecule has 0 aliphatic heterocycles. The van der Waals surface area contributed by atoms with Gasteiger partial charge in [-0.2, -0.15) is 0 Å². The van der Waals surface area contributed by atoms with Crippen molar-refractivity contribution in [2.75, 3.05) is 13.7 Å². The third-order valence-electron chi connectivity index (χ3n) is 3.99. The summed E-state index contributed by atoms with van der Waals surface area (Å²) in [7, 11) is 1.55. The minimum atomic E-state index is -0.205. The highest BCUT2D eigenvalue weighted by molar-refractivity contribution is 6.07. The smallest absolute Gasteiger partial charge is 0.257 e. The molecule has 3 aromatic carbocycles. The van der Waals surface area contributed by atoms with Crippen molar-refractivity contribution >= 4 is 28.5 Å². The Labute approximate surface area is 152 Å². The van der Waals surface area contributed by atoms with Gasteiger partial charge < -0.3 is 10.1 Å². The SMILES string of the molecule is CNC(=O)COc1ccc(C(=O)/C=C/c2ccc3ccccc3c2)cc1. The lowest BCUT2D eigenvalue weighted by Gasteiger charge is -2.05. The van der Waals surface area contributed by atoms with E-state index in [1.54, 1.807) is 37.4 Å². The number of fused-ring (bicyclic) bond motifs is 1. The molecule has 0 atom stereocenters. The van der Waals surface area contributed by atoms with Crippen LogP contribution < -0.4 is 10.1 Å². The van der Waals surface area contributed by atoms with Gasteiger partial charge in [-0.1, -0.05) is 42.5 Å². The Kier molecular flexibility index (Phi) is 5.44. The number of nitrogens with one attached hydrogen (secondary N) is 1. The lowest BCUT2D eigenvalue weighted by atomic mass is 10.1. The molecular formula is C22H19NO3. The minimum absolute atomic E-state index is 0.0499. The fourth-order valence-corrected chi connectivity index (χ4v) is 2.52. The van der Waals surface area contributed by atoms with Crippen LogP contribution in [0.3, 0.4) is 0 Å². The third-order valence-corrected chi connectivity index (χ3v) is 3.99. The molecule has 4 nitrogen and oxygen atoms in total. The number of allylic oxidation sites excluding steroid dienone is 1. The highest BCUT2D eigenvalue weighted by Gasteiger charge is 2.04. The molecular weight excluding hydrogens is 326 g/mol. The Morgan fingerprint density at radius 2 is 1.69 bits per heavy atom. The Morgan fingerprint density at radius 1 is 0.962 bits per heavy atom. The van der Waals surface area contributed by atoms with Crippen molar-refractivity contribution in [2.24, 2.45) is 0 Å². The number of amides is 1. The number of rotatable bonds is 6. The van der Waals surface area contributed by atoms with Gasteiger partial charge >= 0.3 is 0 Å². The van der Waals surface area contributed by atoms with Gasteiger partial charge in [0.2, 0.25) is 0 Å². The summed E-state index contributed by atoms with van der Waals surface area (Å²) in [5.41, 5.74) is 1.54. The molecule has 3 aromatic rings. The molecule has 130 valence electrons. The standard InChI is InChI=1S/C22H19NO3/c1-23-22(25)15-26-20-11-9-18(10-12-20)21(24)13-7-16-6-8-17-4-2-3-5-19(17)14-16/h2-14H,15H2,1H3,(H,23,25)/b13-7+. The molecule has 0 saturated carbocycles. The zero-order valence-electron chi connectivity index (χ0n) is 14.4. The van der Waals surface area contributed by atoms with Gasteiger partial charge in [0.05, 0.1) is 0 Å². The number of hydrogen-bond donors (Lipinski definition) is 1. The van der Waals surface area contributed by atoms with Crippen LogP contribution in [0.4, 0.5) is 0 Å². The number of ether oxygens (including phenoxy) is 1. The average Bonchev–Trinajstić information content (AvgIpc) is 2.70. The van der Waals surface area contributed by atoms with E-state index in [1.165, 1.54) is 5.39 Å². The van der Waals surface area contributed by atoms with Gasteiger partial charge in [0.25, 0.3) is 5.91 Å². The highest BCUT2D eigenvalue weighted by atomic mass is 16.5. The molecule has 0 saturated heterocycles. The first kappa shape index (κ1) is 17.4. The van der Waals surface area contributed by atoms with E-state index in [1.807, 2.05) is 36.4 Å².